The Morgan fingerprint density at radius 1 is 1.18 bits per heavy atom. The van der Waals surface area contributed by atoms with Crippen LogP contribution < -0.4 is 5.32 Å². The monoisotopic (exact) mass is 429 g/mol. The van der Waals surface area contributed by atoms with Crippen LogP contribution in [0.25, 0.3) is 0 Å². The van der Waals surface area contributed by atoms with E-state index in [2.05, 4.69) is 27.3 Å². The summed E-state index contributed by atoms with van der Waals surface area (Å²) in [5.74, 6) is 1.26. The van der Waals surface area contributed by atoms with Gasteiger partial charge in [-0.05, 0) is 33.0 Å². The molecule has 8 nitrogen and oxygen atoms in total. The Morgan fingerprint density at radius 3 is 2.43 bits per heavy atom. The molecule has 1 N–H and O–H groups in total. The van der Waals surface area contributed by atoms with E-state index in [4.69, 9.17) is 4.52 Å². The van der Waals surface area contributed by atoms with Crippen molar-refractivity contribution in [3.8, 4) is 0 Å². The van der Waals surface area contributed by atoms with Crippen LogP contribution in [0, 0.1) is 6.92 Å². The van der Waals surface area contributed by atoms with Gasteiger partial charge in [-0.15, -0.1) is 12.4 Å². The molecule has 0 radical (unpaired) electrons. The number of aryl methyl sites for hydroxylation is 1. The molecule has 1 saturated heterocycles. The summed E-state index contributed by atoms with van der Waals surface area (Å²) in [4.78, 5) is 6.91. The summed E-state index contributed by atoms with van der Waals surface area (Å²) in [6, 6.07) is 7.27. The molecule has 0 amide bonds. The van der Waals surface area contributed by atoms with Gasteiger partial charge in [0.05, 0.1) is 11.4 Å². The van der Waals surface area contributed by atoms with Crippen LogP contribution in [0.3, 0.4) is 0 Å². The molecule has 1 aliphatic heterocycles. The van der Waals surface area contributed by atoms with Gasteiger partial charge in [0.1, 0.15) is 0 Å². The van der Waals surface area contributed by atoms with E-state index >= 15 is 0 Å². The van der Waals surface area contributed by atoms with E-state index in [0.717, 1.165) is 5.56 Å². The lowest BCUT2D eigenvalue weighted by Crippen LogP contribution is -2.48. The van der Waals surface area contributed by atoms with Crippen molar-refractivity contribution in [1.82, 2.24) is 24.7 Å². The van der Waals surface area contributed by atoms with Crippen molar-refractivity contribution < 1.29 is 12.9 Å². The van der Waals surface area contributed by atoms with E-state index in [1.807, 2.05) is 26.1 Å². The highest BCUT2D eigenvalue weighted by Crippen LogP contribution is 2.19. The zero-order chi connectivity index (χ0) is 19.4. The van der Waals surface area contributed by atoms with E-state index in [1.165, 1.54) is 0 Å². The smallest absolute Gasteiger partial charge is 0.243 e. The highest BCUT2D eigenvalue weighted by atomic mass is 35.5. The summed E-state index contributed by atoms with van der Waals surface area (Å²) in [6.07, 6.45) is 0.711. The fraction of sp³-hybridized carbons (Fsp3) is 0.556. The Kier molecular flexibility index (Phi) is 7.97. The van der Waals surface area contributed by atoms with E-state index < -0.39 is 10.0 Å². The second-order valence-electron chi connectivity index (χ2n) is 6.99. The predicted octanol–water partition coefficient (Wildman–Crippen LogP) is 1.46. The zero-order valence-corrected chi connectivity index (χ0v) is 18.1. The molecule has 0 bridgehead atoms. The number of hydrogen-bond acceptors (Lipinski definition) is 7. The quantitative estimate of drug-likeness (QED) is 0.712. The van der Waals surface area contributed by atoms with Gasteiger partial charge in [-0.2, -0.15) is 9.29 Å². The number of nitrogens with zero attached hydrogens (tertiary/aromatic N) is 4. The minimum atomic E-state index is -3.44. The average molecular weight is 430 g/mol. The van der Waals surface area contributed by atoms with Crippen molar-refractivity contribution in [2.45, 2.75) is 37.8 Å². The maximum atomic E-state index is 12.8. The molecule has 0 spiro atoms. The number of hydrogen-bond donors (Lipinski definition) is 1. The lowest BCUT2D eigenvalue weighted by molar-refractivity contribution is 0.163. The maximum absolute atomic E-state index is 12.8. The van der Waals surface area contributed by atoms with Crippen LogP contribution in [0.5, 0.6) is 0 Å². The summed E-state index contributed by atoms with van der Waals surface area (Å²) in [7, 11) is -1.54. The molecule has 2 heterocycles. The third-order valence-electron chi connectivity index (χ3n) is 4.84. The fourth-order valence-electron chi connectivity index (χ4n) is 2.99. The number of benzene rings is 1. The molecule has 2 aromatic rings. The summed E-state index contributed by atoms with van der Waals surface area (Å²) in [6.45, 7) is 6.72. The van der Waals surface area contributed by atoms with Crippen molar-refractivity contribution in [2.75, 3.05) is 33.2 Å². The second-order valence-corrected chi connectivity index (χ2v) is 8.93. The van der Waals surface area contributed by atoms with E-state index in [0.29, 0.717) is 55.8 Å². The Hall–Kier alpha value is -1.52. The van der Waals surface area contributed by atoms with E-state index in [-0.39, 0.29) is 18.4 Å². The number of rotatable bonds is 7. The highest BCUT2D eigenvalue weighted by molar-refractivity contribution is 7.89. The van der Waals surface area contributed by atoms with Crippen molar-refractivity contribution in [2.24, 2.45) is 0 Å². The molecule has 28 heavy (non-hydrogen) atoms. The van der Waals surface area contributed by atoms with Gasteiger partial charge in [0.2, 0.25) is 15.9 Å². The lowest BCUT2D eigenvalue weighted by Gasteiger charge is -2.33. The first-order chi connectivity index (χ1) is 12.9. The Bertz CT molecular complexity index is 848. The molecule has 1 fully saturated rings. The number of likely N-dealkylation sites (N-methyl/N-ethyl adjacent to an activating group) is 1. The molecule has 156 valence electrons. The summed E-state index contributed by atoms with van der Waals surface area (Å²) in [5, 5.41) is 7.16. The first-order valence-electron chi connectivity index (χ1n) is 9.16. The number of halogens is 1. The maximum Gasteiger partial charge on any atom is 0.243 e. The van der Waals surface area contributed by atoms with Gasteiger partial charge in [0.25, 0.3) is 0 Å². The van der Waals surface area contributed by atoms with Gasteiger partial charge in [0.15, 0.2) is 5.82 Å². The van der Waals surface area contributed by atoms with Crippen LogP contribution in [-0.2, 0) is 23.0 Å². The van der Waals surface area contributed by atoms with E-state index in [9.17, 15) is 8.42 Å². The summed E-state index contributed by atoms with van der Waals surface area (Å²) >= 11 is 0. The Balaban J connectivity index is 0.00000280. The van der Waals surface area contributed by atoms with Gasteiger partial charge in [-0.1, -0.05) is 22.9 Å². The van der Waals surface area contributed by atoms with Crippen LogP contribution in [0.2, 0.25) is 0 Å². The SMILES string of the molecule is CNC(C)Cc1noc(CN2CCN(S(=O)(=O)c3ccc(C)cc3)CC2)n1.Cl. The largest absolute Gasteiger partial charge is 0.338 e. The third-order valence-corrected chi connectivity index (χ3v) is 6.75. The van der Waals surface area contributed by atoms with Crippen molar-refractivity contribution in [3.05, 3.63) is 41.5 Å². The Morgan fingerprint density at radius 2 is 1.82 bits per heavy atom. The predicted molar refractivity (Wildman–Crippen MR) is 109 cm³/mol. The number of sulfonamides is 1. The van der Waals surface area contributed by atoms with Crippen LogP contribution in [0.1, 0.15) is 24.2 Å². The minimum absolute atomic E-state index is 0. The van der Waals surface area contributed by atoms with Crippen molar-refractivity contribution in [1.29, 1.82) is 0 Å². The highest BCUT2D eigenvalue weighted by Gasteiger charge is 2.29. The normalized spacial score (nSPS) is 17.2. The minimum Gasteiger partial charge on any atom is -0.338 e. The standard InChI is InChI=1S/C18H27N5O3S.ClH/c1-14-4-6-16(7-5-14)27(24,25)23-10-8-22(9-11-23)13-18-20-17(21-26-18)12-15(2)19-3;/h4-7,15,19H,8-13H2,1-3H3;1H. The topological polar surface area (TPSA) is 91.6 Å². The molecule has 1 aliphatic rings. The molecular formula is C18H28ClN5O3S. The molecule has 10 heteroatoms. The van der Waals surface area contributed by atoms with Crippen LogP contribution in [0.15, 0.2) is 33.7 Å². The number of nitrogens with one attached hydrogen (secondary N) is 1. The van der Waals surface area contributed by atoms with Gasteiger partial charge in [0, 0.05) is 38.6 Å². The summed E-state index contributed by atoms with van der Waals surface area (Å²) < 4.78 is 32.4. The molecule has 1 unspecified atom stereocenters. The number of piperazine rings is 1. The average Bonchev–Trinajstić information content (AvgIpc) is 3.09. The lowest BCUT2D eigenvalue weighted by atomic mass is 10.2. The number of aromatic nitrogens is 2. The van der Waals surface area contributed by atoms with Gasteiger partial charge in [-0.3, -0.25) is 4.90 Å². The van der Waals surface area contributed by atoms with Crippen LogP contribution in [0.4, 0.5) is 0 Å². The molecule has 1 atom stereocenters. The first-order valence-corrected chi connectivity index (χ1v) is 10.6. The third kappa shape index (κ3) is 5.51. The van der Waals surface area contributed by atoms with Crippen LogP contribution >= 0.6 is 12.4 Å². The molecule has 0 saturated carbocycles. The molecule has 1 aromatic heterocycles. The molecule has 1 aromatic carbocycles. The second kappa shape index (κ2) is 9.80. The zero-order valence-electron chi connectivity index (χ0n) is 16.5. The molecular weight excluding hydrogens is 402 g/mol. The fourth-order valence-corrected chi connectivity index (χ4v) is 4.41. The van der Waals surface area contributed by atoms with Crippen molar-refractivity contribution in [3.63, 3.8) is 0 Å². The van der Waals surface area contributed by atoms with Crippen LogP contribution in [-0.4, -0.2) is 67.0 Å². The van der Waals surface area contributed by atoms with E-state index in [1.54, 1.807) is 16.4 Å². The van der Waals surface area contributed by atoms with Gasteiger partial charge >= 0.3 is 0 Å². The summed E-state index contributed by atoms with van der Waals surface area (Å²) in [5.41, 5.74) is 1.04. The Labute approximate surface area is 172 Å². The first kappa shape index (κ1) is 22.8. The van der Waals surface area contributed by atoms with Gasteiger partial charge in [-0.25, -0.2) is 8.42 Å². The van der Waals surface area contributed by atoms with Crippen molar-refractivity contribution >= 4 is 22.4 Å². The molecule has 0 aliphatic carbocycles. The molecule has 3 rings (SSSR count). The van der Waals surface area contributed by atoms with Gasteiger partial charge < -0.3 is 9.84 Å².